The minimum absolute atomic E-state index is 0.0446. The largest absolute Gasteiger partial charge is 0.434 e. The summed E-state index contributed by atoms with van der Waals surface area (Å²) in [6.07, 6.45) is 6.48. The van der Waals surface area contributed by atoms with E-state index in [0.717, 1.165) is 62.7 Å². The summed E-state index contributed by atoms with van der Waals surface area (Å²) >= 11 is 7.83. The Labute approximate surface area is 288 Å². The van der Waals surface area contributed by atoms with E-state index < -0.39 is 11.3 Å². The quantitative estimate of drug-likeness (QED) is 0.179. The van der Waals surface area contributed by atoms with Crippen molar-refractivity contribution in [2.75, 3.05) is 11.9 Å². The Morgan fingerprint density at radius 3 is 2.73 bits per heavy atom. The molecule has 7 heterocycles. The summed E-state index contributed by atoms with van der Waals surface area (Å²) in [6, 6.07) is 16.6. The number of rotatable bonds is 7. The summed E-state index contributed by atoms with van der Waals surface area (Å²) in [5, 5.41) is 12.1. The number of aromatic amines is 1. The number of hydrogen-bond donors (Lipinski definition) is 2. The van der Waals surface area contributed by atoms with Crippen molar-refractivity contribution < 1.29 is 13.6 Å². The molecule has 5 aliphatic rings. The zero-order valence-corrected chi connectivity index (χ0v) is 27.6. The van der Waals surface area contributed by atoms with Crippen molar-refractivity contribution in [3.63, 3.8) is 0 Å². The molecule has 11 rings (SSSR count). The van der Waals surface area contributed by atoms with E-state index in [2.05, 4.69) is 27.6 Å². The van der Waals surface area contributed by atoms with Gasteiger partial charge in [-0.25, -0.2) is 19.3 Å². The van der Waals surface area contributed by atoms with Crippen molar-refractivity contribution in [2.24, 2.45) is 5.92 Å². The van der Waals surface area contributed by atoms with Crippen molar-refractivity contribution in [2.45, 2.75) is 50.1 Å². The first-order valence-electron chi connectivity index (χ1n) is 16.5. The highest BCUT2D eigenvalue weighted by Gasteiger charge is 2.65. The molecule has 1 saturated carbocycles. The van der Waals surface area contributed by atoms with Crippen LogP contribution in [0, 0.1) is 11.7 Å². The van der Waals surface area contributed by atoms with E-state index in [1.807, 2.05) is 23.1 Å². The fourth-order valence-electron chi connectivity index (χ4n) is 8.59. The van der Waals surface area contributed by atoms with Crippen LogP contribution in [0.2, 0.25) is 5.02 Å². The molecule has 1 spiro atoms. The second kappa shape index (κ2) is 10.6. The van der Waals surface area contributed by atoms with E-state index in [0.29, 0.717) is 47.7 Å². The summed E-state index contributed by atoms with van der Waals surface area (Å²) in [5.41, 5.74) is 6.24. The first-order valence-corrected chi connectivity index (χ1v) is 17.7. The fraction of sp³-hybridized carbons (Fsp3) is 0.270. The number of anilines is 1. The normalized spacial score (nSPS) is 21.6. The van der Waals surface area contributed by atoms with Crippen LogP contribution < -0.4 is 11.1 Å². The van der Waals surface area contributed by atoms with Crippen molar-refractivity contribution in [3.05, 3.63) is 116 Å². The Bertz CT molecular complexity index is 2410. The van der Waals surface area contributed by atoms with Crippen molar-refractivity contribution >= 4 is 44.7 Å². The van der Waals surface area contributed by atoms with Crippen LogP contribution in [-0.4, -0.2) is 37.5 Å². The van der Waals surface area contributed by atoms with Crippen LogP contribution in [0.15, 0.2) is 70.0 Å². The molecule has 2 aromatic carbocycles. The standard InChI is InChI=1S/C37H28ClFN6O3S/c38-22-5-8-24-20(13-22)4-10-25(24)42-33-31-21(11-12-40-33)14-27(49-31)29-28(34-43-44-36(47)48-34)26(9-3-18-1-6-23(39)7-2-18)41-32-30(29)35(46)45-17-19-15-37(32,45)16-19/h1-2,5-8,11-14,19,25H,3-4,9-10,15-17H2,(H,40,42)(H,44,47)/t19?,25-,37?/m1/s1. The molecule has 244 valence electrons. The third-order valence-corrected chi connectivity index (χ3v) is 12.2. The summed E-state index contributed by atoms with van der Waals surface area (Å²) in [5.74, 6) is 0.302. The third kappa shape index (κ3) is 4.38. The Morgan fingerprint density at radius 1 is 1.06 bits per heavy atom. The third-order valence-electron chi connectivity index (χ3n) is 10.8. The maximum Gasteiger partial charge on any atom is 0.434 e. The first kappa shape index (κ1) is 29.1. The van der Waals surface area contributed by atoms with E-state index >= 15 is 0 Å². The maximum absolute atomic E-state index is 14.4. The SMILES string of the molecule is O=C1c2c(nc(CCc3ccc(F)cc3)c(-c3n[nH]c(=O)o3)c2-c2cc3ccnc(N[C@@H]4CCc5cc(Cl)ccc54)c3s2)C23CC(CN12)C3. The zero-order valence-electron chi connectivity index (χ0n) is 26.1. The van der Waals surface area contributed by atoms with Crippen LogP contribution in [0.3, 0.4) is 0 Å². The van der Waals surface area contributed by atoms with E-state index in [4.69, 9.17) is 26.0 Å². The summed E-state index contributed by atoms with van der Waals surface area (Å²) in [7, 11) is 0. The van der Waals surface area contributed by atoms with E-state index in [1.54, 1.807) is 29.7 Å². The lowest BCUT2D eigenvalue weighted by Crippen LogP contribution is -2.40. The molecule has 4 aromatic heterocycles. The van der Waals surface area contributed by atoms with Crippen LogP contribution >= 0.6 is 22.9 Å². The number of hydrogen-bond acceptors (Lipinski definition) is 8. The van der Waals surface area contributed by atoms with Crippen molar-refractivity contribution in [1.29, 1.82) is 0 Å². The topological polar surface area (TPSA) is 117 Å². The molecular formula is C37H28ClFN6O3S. The van der Waals surface area contributed by atoms with Gasteiger partial charge in [-0.3, -0.25) is 9.78 Å². The van der Waals surface area contributed by atoms with E-state index in [1.165, 1.54) is 23.3 Å². The van der Waals surface area contributed by atoms with Crippen LogP contribution in [0.1, 0.15) is 63.7 Å². The summed E-state index contributed by atoms with van der Waals surface area (Å²) in [6.45, 7) is 0.713. The molecule has 0 radical (unpaired) electrons. The summed E-state index contributed by atoms with van der Waals surface area (Å²) in [4.78, 5) is 39.6. The highest BCUT2D eigenvalue weighted by molar-refractivity contribution is 7.23. The van der Waals surface area contributed by atoms with Gasteiger partial charge in [0.05, 0.1) is 38.8 Å². The number of aromatic nitrogens is 4. The smallest absolute Gasteiger partial charge is 0.388 e. The molecule has 6 aromatic rings. The molecule has 2 N–H and O–H groups in total. The van der Waals surface area contributed by atoms with Gasteiger partial charge < -0.3 is 14.6 Å². The molecule has 2 aliphatic carbocycles. The van der Waals surface area contributed by atoms with Gasteiger partial charge in [0.1, 0.15) is 11.6 Å². The van der Waals surface area contributed by atoms with Crippen LogP contribution in [0.5, 0.6) is 0 Å². The van der Waals surface area contributed by atoms with Gasteiger partial charge in [0.2, 0.25) is 0 Å². The highest BCUT2D eigenvalue weighted by Crippen LogP contribution is 2.63. The minimum Gasteiger partial charge on any atom is -0.388 e. The molecular weight excluding hydrogens is 663 g/mol. The number of nitrogens with one attached hydrogen (secondary N) is 2. The molecule has 1 amide bonds. The van der Waals surface area contributed by atoms with Crippen LogP contribution in [-0.2, 0) is 24.8 Å². The number of aryl methyl sites for hydroxylation is 3. The molecule has 3 aliphatic heterocycles. The van der Waals surface area contributed by atoms with Gasteiger partial charge in [-0.05, 0) is 103 Å². The molecule has 0 unspecified atom stereocenters. The molecule has 3 fully saturated rings. The predicted molar refractivity (Wildman–Crippen MR) is 184 cm³/mol. The Kier molecular flexibility index (Phi) is 6.27. The zero-order chi connectivity index (χ0) is 33.0. The number of carbonyl (C=O) groups is 1. The lowest BCUT2D eigenvalue weighted by Gasteiger charge is -2.37. The maximum atomic E-state index is 14.4. The summed E-state index contributed by atoms with van der Waals surface area (Å²) < 4.78 is 20.3. The second-order valence-electron chi connectivity index (χ2n) is 13.6. The molecule has 1 atom stereocenters. The van der Waals surface area contributed by atoms with Crippen LogP contribution in [0.25, 0.3) is 32.0 Å². The fourth-order valence-corrected chi connectivity index (χ4v) is 9.95. The van der Waals surface area contributed by atoms with Gasteiger partial charge in [0.25, 0.3) is 11.8 Å². The van der Waals surface area contributed by atoms with Gasteiger partial charge in [0.15, 0.2) is 0 Å². The lowest BCUT2D eigenvalue weighted by molar-refractivity contribution is 0.0637. The number of nitrogens with zero attached hydrogens (tertiary/aromatic N) is 4. The van der Waals surface area contributed by atoms with E-state index in [-0.39, 0.29) is 23.7 Å². The van der Waals surface area contributed by atoms with E-state index in [9.17, 15) is 14.0 Å². The lowest BCUT2D eigenvalue weighted by atomic mass is 9.71. The van der Waals surface area contributed by atoms with Crippen LogP contribution in [0.4, 0.5) is 10.2 Å². The second-order valence-corrected chi connectivity index (χ2v) is 15.1. The number of H-pyrrole nitrogens is 1. The first-order chi connectivity index (χ1) is 23.8. The molecule has 2 bridgehead atoms. The van der Waals surface area contributed by atoms with Gasteiger partial charge in [-0.1, -0.05) is 29.8 Å². The molecule has 2 saturated heterocycles. The average Bonchev–Trinajstić information content (AvgIpc) is 3.93. The number of fused-ring (bicyclic) bond motifs is 3. The minimum atomic E-state index is -0.691. The monoisotopic (exact) mass is 690 g/mol. The Morgan fingerprint density at radius 2 is 1.92 bits per heavy atom. The molecule has 49 heavy (non-hydrogen) atoms. The number of carbonyl (C=O) groups excluding carboxylic acids is 1. The highest BCUT2D eigenvalue weighted by atomic mass is 35.5. The van der Waals surface area contributed by atoms with Gasteiger partial charge in [-0.15, -0.1) is 16.4 Å². The molecule has 9 nitrogen and oxygen atoms in total. The molecule has 12 heteroatoms. The number of pyridine rings is 2. The Hall–Kier alpha value is -4.87. The average molecular weight is 691 g/mol. The Balaban J connectivity index is 1.15. The number of amides is 1. The van der Waals surface area contributed by atoms with Crippen molar-refractivity contribution in [1.82, 2.24) is 25.1 Å². The number of benzene rings is 2. The number of thiophene rings is 1. The van der Waals surface area contributed by atoms with Gasteiger partial charge in [0, 0.05) is 28.2 Å². The van der Waals surface area contributed by atoms with Gasteiger partial charge in [-0.2, -0.15) is 0 Å². The van der Waals surface area contributed by atoms with Gasteiger partial charge >= 0.3 is 5.76 Å². The van der Waals surface area contributed by atoms with Crippen molar-refractivity contribution in [3.8, 4) is 21.9 Å². The predicted octanol–water partition coefficient (Wildman–Crippen LogP) is 7.45. The number of halogens is 2.